The summed E-state index contributed by atoms with van der Waals surface area (Å²) < 4.78 is 15.3. The zero-order chi connectivity index (χ0) is 17.6. The normalized spacial score (nSPS) is 19.4. The summed E-state index contributed by atoms with van der Waals surface area (Å²) >= 11 is 0. The zero-order valence-corrected chi connectivity index (χ0v) is 14.8. The molecule has 1 aromatic heterocycles. The SMILES string of the molecule is CCn1ccnc1CN1CCN(Cc2ccc(F)cc2)[C@H](CCO)C1. The van der Waals surface area contributed by atoms with Gasteiger partial charge in [0.1, 0.15) is 11.6 Å². The van der Waals surface area contributed by atoms with Crippen LogP contribution in [0.3, 0.4) is 0 Å². The molecule has 25 heavy (non-hydrogen) atoms. The molecule has 2 heterocycles. The fourth-order valence-corrected chi connectivity index (χ4v) is 3.54. The number of aliphatic hydroxyl groups excluding tert-OH is 1. The van der Waals surface area contributed by atoms with Gasteiger partial charge < -0.3 is 9.67 Å². The van der Waals surface area contributed by atoms with Gasteiger partial charge in [-0.15, -0.1) is 0 Å². The maximum atomic E-state index is 13.1. The largest absolute Gasteiger partial charge is 0.396 e. The second kappa shape index (κ2) is 8.56. The number of aliphatic hydroxyl groups is 1. The van der Waals surface area contributed by atoms with Crippen molar-refractivity contribution in [3.8, 4) is 0 Å². The molecule has 136 valence electrons. The molecule has 1 N–H and O–H groups in total. The van der Waals surface area contributed by atoms with Crippen molar-refractivity contribution in [2.45, 2.75) is 39.0 Å². The lowest BCUT2D eigenvalue weighted by molar-refractivity contribution is 0.0482. The van der Waals surface area contributed by atoms with Gasteiger partial charge in [0.05, 0.1) is 6.54 Å². The Morgan fingerprint density at radius 1 is 1.20 bits per heavy atom. The van der Waals surface area contributed by atoms with Gasteiger partial charge in [0.15, 0.2) is 0 Å². The van der Waals surface area contributed by atoms with Crippen LogP contribution in [-0.2, 0) is 19.6 Å². The summed E-state index contributed by atoms with van der Waals surface area (Å²) in [5, 5.41) is 9.45. The molecule has 5 nitrogen and oxygen atoms in total. The third-order valence-corrected chi connectivity index (χ3v) is 4.96. The topological polar surface area (TPSA) is 44.5 Å². The van der Waals surface area contributed by atoms with Gasteiger partial charge >= 0.3 is 0 Å². The number of benzene rings is 1. The Morgan fingerprint density at radius 3 is 2.72 bits per heavy atom. The summed E-state index contributed by atoms with van der Waals surface area (Å²) in [6.45, 7) is 7.70. The van der Waals surface area contributed by atoms with Crippen LogP contribution < -0.4 is 0 Å². The van der Waals surface area contributed by atoms with Gasteiger partial charge in [0.25, 0.3) is 0 Å². The summed E-state index contributed by atoms with van der Waals surface area (Å²) in [6.07, 6.45) is 4.63. The van der Waals surface area contributed by atoms with Gasteiger partial charge in [-0.25, -0.2) is 9.37 Å². The van der Waals surface area contributed by atoms with Crippen molar-refractivity contribution in [3.05, 3.63) is 53.9 Å². The van der Waals surface area contributed by atoms with E-state index < -0.39 is 0 Å². The summed E-state index contributed by atoms with van der Waals surface area (Å²) in [7, 11) is 0. The van der Waals surface area contributed by atoms with Crippen LogP contribution in [-0.4, -0.2) is 56.7 Å². The summed E-state index contributed by atoms with van der Waals surface area (Å²) in [6, 6.07) is 7.01. The van der Waals surface area contributed by atoms with E-state index in [2.05, 4.69) is 26.3 Å². The molecular formula is C19H27FN4O. The number of rotatable bonds is 7. The molecule has 2 aromatic rings. The number of halogens is 1. The Hall–Kier alpha value is -1.76. The molecule has 0 spiro atoms. The predicted molar refractivity (Wildman–Crippen MR) is 95.5 cm³/mol. The minimum absolute atomic E-state index is 0.183. The van der Waals surface area contributed by atoms with E-state index in [1.165, 1.54) is 12.1 Å². The first-order valence-electron chi connectivity index (χ1n) is 9.01. The molecule has 0 bridgehead atoms. The molecule has 0 amide bonds. The fraction of sp³-hybridized carbons (Fsp3) is 0.526. The Morgan fingerprint density at radius 2 is 2.00 bits per heavy atom. The van der Waals surface area contributed by atoms with Crippen LogP contribution in [0, 0.1) is 5.82 Å². The van der Waals surface area contributed by atoms with Crippen molar-refractivity contribution in [2.75, 3.05) is 26.2 Å². The molecular weight excluding hydrogens is 319 g/mol. The van der Waals surface area contributed by atoms with Crippen molar-refractivity contribution >= 4 is 0 Å². The van der Waals surface area contributed by atoms with E-state index in [4.69, 9.17) is 0 Å². The molecule has 1 aliphatic heterocycles. The van der Waals surface area contributed by atoms with Crippen molar-refractivity contribution in [1.82, 2.24) is 19.4 Å². The van der Waals surface area contributed by atoms with Crippen molar-refractivity contribution < 1.29 is 9.50 Å². The van der Waals surface area contributed by atoms with Gasteiger partial charge in [-0.1, -0.05) is 12.1 Å². The van der Waals surface area contributed by atoms with E-state index in [1.807, 2.05) is 24.5 Å². The first kappa shape index (κ1) is 18.0. The minimum Gasteiger partial charge on any atom is -0.396 e. The number of nitrogens with zero attached hydrogens (tertiary/aromatic N) is 4. The number of hydrogen-bond donors (Lipinski definition) is 1. The van der Waals surface area contributed by atoms with Gasteiger partial charge in [0.2, 0.25) is 0 Å². The molecule has 1 aliphatic rings. The highest BCUT2D eigenvalue weighted by Gasteiger charge is 2.27. The van der Waals surface area contributed by atoms with Gasteiger partial charge in [-0.05, 0) is 31.0 Å². The highest BCUT2D eigenvalue weighted by Crippen LogP contribution is 2.18. The average Bonchev–Trinajstić information content (AvgIpc) is 3.06. The Bertz CT molecular complexity index is 658. The Balaban J connectivity index is 1.62. The molecule has 1 atom stereocenters. The molecule has 1 saturated heterocycles. The van der Waals surface area contributed by atoms with Crippen LogP contribution in [0.1, 0.15) is 24.7 Å². The minimum atomic E-state index is -0.202. The highest BCUT2D eigenvalue weighted by molar-refractivity contribution is 5.16. The number of imidazole rings is 1. The van der Waals surface area contributed by atoms with Crippen molar-refractivity contribution in [2.24, 2.45) is 0 Å². The van der Waals surface area contributed by atoms with E-state index in [-0.39, 0.29) is 12.4 Å². The maximum Gasteiger partial charge on any atom is 0.123 e. The lowest BCUT2D eigenvalue weighted by Crippen LogP contribution is -2.52. The van der Waals surface area contributed by atoms with E-state index in [0.717, 1.165) is 57.1 Å². The molecule has 0 unspecified atom stereocenters. The Labute approximate surface area is 148 Å². The predicted octanol–water partition coefficient (Wildman–Crippen LogP) is 2.11. The fourth-order valence-electron chi connectivity index (χ4n) is 3.54. The molecule has 6 heteroatoms. The second-order valence-corrected chi connectivity index (χ2v) is 6.63. The smallest absolute Gasteiger partial charge is 0.123 e. The summed E-state index contributed by atoms with van der Waals surface area (Å²) in [5.74, 6) is 0.893. The van der Waals surface area contributed by atoms with Crippen molar-refractivity contribution in [1.29, 1.82) is 0 Å². The van der Waals surface area contributed by atoms with Crippen LogP contribution in [0.25, 0.3) is 0 Å². The quantitative estimate of drug-likeness (QED) is 0.834. The third kappa shape index (κ3) is 4.66. The number of aryl methyl sites for hydroxylation is 1. The van der Waals surface area contributed by atoms with Crippen LogP contribution in [0.4, 0.5) is 4.39 Å². The first-order chi connectivity index (χ1) is 12.2. The number of hydrogen-bond acceptors (Lipinski definition) is 4. The summed E-state index contributed by atoms with van der Waals surface area (Å²) in [5.41, 5.74) is 1.11. The molecule has 1 aromatic carbocycles. The number of aromatic nitrogens is 2. The lowest BCUT2D eigenvalue weighted by Gasteiger charge is -2.41. The van der Waals surface area contributed by atoms with E-state index in [9.17, 15) is 9.50 Å². The molecule has 0 saturated carbocycles. The Kier molecular flexibility index (Phi) is 6.18. The van der Waals surface area contributed by atoms with Gasteiger partial charge in [-0.3, -0.25) is 9.80 Å². The molecule has 0 radical (unpaired) electrons. The second-order valence-electron chi connectivity index (χ2n) is 6.63. The maximum absolute atomic E-state index is 13.1. The van der Waals surface area contributed by atoms with Gasteiger partial charge in [-0.2, -0.15) is 0 Å². The number of piperazine rings is 1. The molecule has 0 aliphatic carbocycles. The molecule has 1 fully saturated rings. The van der Waals surface area contributed by atoms with Crippen LogP contribution in [0.2, 0.25) is 0 Å². The van der Waals surface area contributed by atoms with Gasteiger partial charge in [0, 0.05) is 57.8 Å². The zero-order valence-electron chi connectivity index (χ0n) is 14.8. The molecule has 3 rings (SSSR count). The monoisotopic (exact) mass is 346 g/mol. The standard InChI is InChI=1S/C19H27FN4O/c1-2-23-9-8-21-19(23)15-22-10-11-24(18(14-22)7-12-25)13-16-3-5-17(20)6-4-16/h3-6,8-9,18,25H,2,7,10-15H2,1H3/t18-/m1/s1. The average molecular weight is 346 g/mol. The van der Waals surface area contributed by atoms with Crippen LogP contribution >= 0.6 is 0 Å². The van der Waals surface area contributed by atoms with E-state index >= 15 is 0 Å². The summed E-state index contributed by atoms with van der Waals surface area (Å²) in [4.78, 5) is 9.28. The lowest BCUT2D eigenvalue weighted by atomic mass is 10.1. The highest BCUT2D eigenvalue weighted by atomic mass is 19.1. The van der Waals surface area contributed by atoms with Crippen LogP contribution in [0.5, 0.6) is 0 Å². The third-order valence-electron chi connectivity index (χ3n) is 4.96. The van der Waals surface area contributed by atoms with E-state index in [1.54, 1.807) is 0 Å². The van der Waals surface area contributed by atoms with Crippen molar-refractivity contribution in [3.63, 3.8) is 0 Å². The van der Waals surface area contributed by atoms with Crippen LogP contribution in [0.15, 0.2) is 36.7 Å². The first-order valence-corrected chi connectivity index (χ1v) is 9.01. The van der Waals surface area contributed by atoms with E-state index in [0.29, 0.717) is 6.04 Å².